The van der Waals surface area contributed by atoms with E-state index in [1.54, 1.807) is 0 Å². The van der Waals surface area contributed by atoms with E-state index in [0.29, 0.717) is 0 Å². The van der Waals surface area contributed by atoms with Gasteiger partial charge in [0.1, 0.15) is 0 Å². The van der Waals surface area contributed by atoms with Gasteiger partial charge in [0.2, 0.25) is 0 Å². The maximum atomic E-state index is 6.22. The van der Waals surface area contributed by atoms with Gasteiger partial charge in [-0.1, -0.05) is 51.9 Å². The van der Waals surface area contributed by atoms with E-state index < -0.39 is 0 Å². The molecule has 2 N–H and O–H groups in total. The normalized spacial score (nSPS) is 12.9. The lowest BCUT2D eigenvalue weighted by Gasteiger charge is -2.10. The second-order valence-corrected chi connectivity index (χ2v) is 5.36. The quantitative estimate of drug-likeness (QED) is 0.677. The molecule has 0 aromatic carbocycles. The van der Waals surface area contributed by atoms with Crippen LogP contribution in [0.3, 0.4) is 0 Å². The van der Waals surface area contributed by atoms with E-state index in [1.807, 2.05) is 18.7 Å². The highest BCUT2D eigenvalue weighted by atomic mass is 15.2. The Labute approximate surface area is 112 Å². The molecule has 1 rings (SSSR count). The van der Waals surface area contributed by atoms with E-state index in [4.69, 9.17) is 5.73 Å². The van der Waals surface area contributed by atoms with E-state index >= 15 is 0 Å². The summed E-state index contributed by atoms with van der Waals surface area (Å²) >= 11 is 0. The molecule has 3 nitrogen and oxygen atoms in total. The summed E-state index contributed by atoms with van der Waals surface area (Å²) < 4.78 is 1.86. The Morgan fingerprint density at radius 2 is 1.78 bits per heavy atom. The SMILES string of the molecule is CCCCCCCCCC(N)c1cn(C)nc1C. The van der Waals surface area contributed by atoms with Crippen molar-refractivity contribution in [3.8, 4) is 0 Å². The summed E-state index contributed by atoms with van der Waals surface area (Å²) in [6, 6.07) is 0.161. The lowest BCUT2D eigenvalue weighted by molar-refractivity contribution is 0.540. The van der Waals surface area contributed by atoms with Crippen molar-refractivity contribution in [2.45, 2.75) is 71.3 Å². The Morgan fingerprint density at radius 3 is 2.33 bits per heavy atom. The molecule has 0 aliphatic carbocycles. The molecular formula is C15H29N3. The Morgan fingerprint density at radius 1 is 1.17 bits per heavy atom. The van der Waals surface area contributed by atoms with E-state index in [2.05, 4.69) is 18.2 Å². The molecule has 18 heavy (non-hydrogen) atoms. The maximum absolute atomic E-state index is 6.22. The summed E-state index contributed by atoms with van der Waals surface area (Å²) in [5.41, 5.74) is 8.51. The number of aromatic nitrogens is 2. The van der Waals surface area contributed by atoms with Gasteiger partial charge in [-0.2, -0.15) is 5.10 Å². The maximum Gasteiger partial charge on any atom is 0.0641 e. The molecule has 1 aromatic rings. The van der Waals surface area contributed by atoms with Crippen molar-refractivity contribution in [1.82, 2.24) is 9.78 Å². The highest BCUT2D eigenvalue weighted by molar-refractivity contribution is 5.19. The van der Waals surface area contributed by atoms with E-state index in [-0.39, 0.29) is 6.04 Å². The molecule has 0 bridgehead atoms. The molecule has 3 heteroatoms. The summed E-state index contributed by atoms with van der Waals surface area (Å²) in [6.07, 6.45) is 12.5. The minimum absolute atomic E-state index is 0.161. The third kappa shape index (κ3) is 5.21. The average Bonchev–Trinajstić information content (AvgIpc) is 2.67. The minimum atomic E-state index is 0.161. The van der Waals surface area contributed by atoms with E-state index in [9.17, 15) is 0 Å². The first-order valence-corrected chi connectivity index (χ1v) is 7.41. The van der Waals surface area contributed by atoms with Gasteiger partial charge in [-0.25, -0.2) is 0 Å². The Bertz CT molecular complexity index is 330. The van der Waals surface area contributed by atoms with Gasteiger partial charge in [-0.15, -0.1) is 0 Å². The molecule has 0 saturated heterocycles. The van der Waals surface area contributed by atoms with Crippen molar-refractivity contribution in [3.05, 3.63) is 17.5 Å². The van der Waals surface area contributed by atoms with Crippen molar-refractivity contribution < 1.29 is 0 Å². The van der Waals surface area contributed by atoms with Crippen LogP contribution in [0.4, 0.5) is 0 Å². The van der Waals surface area contributed by atoms with Crippen LogP contribution in [0.5, 0.6) is 0 Å². The van der Waals surface area contributed by atoms with Gasteiger partial charge in [-0.3, -0.25) is 4.68 Å². The van der Waals surface area contributed by atoms with Gasteiger partial charge in [0, 0.05) is 24.8 Å². The molecule has 1 atom stereocenters. The lowest BCUT2D eigenvalue weighted by Crippen LogP contribution is -2.10. The standard InChI is InChI=1S/C15H29N3/c1-4-5-6-7-8-9-10-11-15(16)14-12-18(3)17-13(14)2/h12,15H,4-11,16H2,1-3H3. The van der Waals surface area contributed by atoms with Gasteiger partial charge in [0.25, 0.3) is 0 Å². The molecule has 0 amide bonds. The average molecular weight is 251 g/mol. The Kier molecular flexibility index (Phi) is 7.02. The van der Waals surface area contributed by atoms with Crippen LogP contribution in [0.1, 0.15) is 75.6 Å². The van der Waals surface area contributed by atoms with Gasteiger partial charge in [0.05, 0.1) is 5.69 Å². The van der Waals surface area contributed by atoms with E-state index in [0.717, 1.165) is 12.1 Å². The largest absolute Gasteiger partial charge is 0.324 e. The van der Waals surface area contributed by atoms with Crippen LogP contribution in [0.2, 0.25) is 0 Å². The van der Waals surface area contributed by atoms with Crippen LogP contribution < -0.4 is 5.73 Å². The molecule has 0 radical (unpaired) electrons. The summed E-state index contributed by atoms with van der Waals surface area (Å²) in [5, 5.41) is 4.35. The van der Waals surface area contributed by atoms with Crippen LogP contribution in [-0.4, -0.2) is 9.78 Å². The molecule has 0 saturated carbocycles. The molecule has 104 valence electrons. The first-order valence-electron chi connectivity index (χ1n) is 7.41. The van der Waals surface area contributed by atoms with Crippen molar-refractivity contribution in [1.29, 1.82) is 0 Å². The van der Waals surface area contributed by atoms with Gasteiger partial charge >= 0.3 is 0 Å². The van der Waals surface area contributed by atoms with Crippen molar-refractivity contribution in [3.63, 3.8) is 0 Å². The fourth-order valence-corrected chi connectivity index (χ4v) is 2.46. The number of rotatable bonds is 9. The van der Waals surface area contributed by atoms with Crippen molar-refractivity contribution >= 4 is 0 Å². The monoisotopic (exact) mass is 251 g/mol. The molecule has 0 aliphatic heterocycles. The second-order valence-electron chi connectivity index (χ2n) is 5.36. The second kappa shape index (κ2) is 8.30. The number of unbranched alkanes of at least 4 members (excludes halogenated alkanes) is 6. The minimum Gasteiger partial charge on any atom is -0.324 e. The fourth-order valence-electron chi connectivity index (χ4n) is 2.46. The molecule has 0 aliphatic rings. The summed E-state index contributed by atoms with van der Waals surface area (Å²) in [6.45, 7) is 4.30. The molecule has 0 fully saturated rings. The topological polar surface area (TPSA) is 43.8 Å². The molecule has 1 heterocycles. The number of hydrogen-bond donors (Lipinski definition) is 1. The van der Waals surface area contributed by atoms with Crippen LogP contribution >= 0.6 is 0 Å². The zero-order valence-corrected chi connectivity index (χ0v) is 12.3. The zero-order valence-electron chi connectivity index (χ0n) is 12.3. The third-order valence-electron chi connectivity index (χ3n) is 3.57. The summed E-state index contributed by atoms with van der Waals surface area (Å²) in [4.78, 5) is 0. The predicted octanol–water partition coefficient (Wildman–Crippen LogP) is 3.87. The van der Waals surface area contributed by atoms with Crippen LogP contribution in [0.25, 0.3) is 0 Å². The van der Waals surface area contributed by atoms with Gasteiger partial charge in [-0.05, 0) is 13.3 Å². The molecule has 1 unspecified atom stereocenters. The molecule has 1 aromatic heterocycles. The Balaban J connectivity index is 2.14. The molecule has 0 spiro atoms. The number of aryl methyl sites for hydroxylation is 2. The zero-order chi connectivity index (χ0) is 13.4. The van der Waals surface area contributed by atoms with Crippen LogP contribution in [-0.2, 0) is 7.05 Å². The first-order chi connectivity index (χ1) is 8.65. The summed E-state index contributed by atoms with van der Waals surface area (Å²) in [5.74, 6) is 0. The number of nitrogens with zero attached hydrogens (tertiary/aromatic N) is 2. The number of hydrogen-bond acceptors (Lipinski definition) is 2. The Hall–Kier alpha value is -0.830. The van der Waals surface area contributed by atoms with Gasteiger partial charge in [0.15, 0.2) is 0 Å². The number of nitrogens with two attached hydrogens (primary N) is 1. The van der Waals surface area contributed by atoms with Crippen LogP contribution in [0, 0.1) is 6.92 Å². The molecular weight excluding hydrogens is 222 g/mol. The summed E-state index contributed by atoms with van der Waals surface area (Å²) in [7, 11) is 1.96. The smallest absolute Gasteiger partial charge is 0.0641 e. The predicted molar refractivity (Wildman–Crippen MR) is 77.5 cm³/mol. The fraction of sp³-hybridized carbons (Fsp3) is 0.800. The first kappa shape index (κ1) is 15.2. The lowest BCUT2D eigenvalue weighted by atomic mass is 10.0. The third-order valence-corrected chi connectivity index (χ3v) is 3.57. The highest BCUT2D eigenvalue weighted by Crippen LogP contribution is 2.20. The van der Waals surface area contributed by atoms with Crippen molar-refractivity contribution in [2.75, 3.05) is 0 Å². The van der Waals surface area contributed by atoms with Crippen LogP contribution in [0.15, 0.2) is 6.20 Å². The van der Waals surface area contributed by atoms with Crippen molar-refractivity contribution in [2.24, 2.45) is 12.8 Å². The van der Waals surface area contributed by atoms with Gasteiger partial charge < -0.3 is 5.73 Å². The highest BCUT2D eigenvalue weighted by Gasteiger charge is 2.11. The van der Waals surface area contributed by atoms with E-state index in [1.165, 1.54) is 50.5 Å².